The van der Waals surface area contributed by atoms with Gasteiger partial charge in [0.2, 0.25) is 0 Å². The molecule has 0 aliphatic carbocycles. The van der Waals surface area contributed by atoms with Crippen LogP contribution in [0.5, 0.6) is 0 Å². The van der Waals surface area contributed by atoms with E-state index in [4.69, 9.17) is 5.11 Å². The minimum atomic E-state index is -1.01. The van der Waals surface area contributed by atoms with Gasteiger partial charge in [-0.25, -0.2) is 19.7 Å². The Labute approximate surface area is 98.0 Å². The lowest BCUT2D eigenvalue weighted by Crippen LogP contribution is -2.09. The Morgan fingerprint density at radius 3 is 2.29 bits per heavy atom. The predicted molar refractivity (Wildman–Crippen MR) is 60.7 cm³/mol. The van der Waals surface area contributed by atoms with E-state index in [0.29, 0.717) is 23.0 Å². The molecule has 2 rings (SSSR count). The molecule has 6 nitrogen and oxygen atoms in total. The number of carboxylic acid groups (broad SMARTS) is 1. The standard InChI is InChI=1S/C11H12N4O2/c1-6-8(11(16)17)7(2)14-9(13-6)10-12-4-5-15(10)3/h4-5H,1-3H3,(H,16,17). The van der Waals surface area contributed by atoms with Crippen molar-refractivity contribution in [1.29, 1.82) is 0 Å². The van der Waals surface area contributed by atoms with Crippen molar-refractivity contribution >= 4 is 5.97 Å². The number of aromatic nitrogens is 4. The first-order valence-electron chi connectivity index (χ1n) is 5.07. The van der Waals surface area contributed by atoms with Crippen molar-refractivity contribution in [3.8, 4) is 11.6 Å². The first kappa shape index (κ1) is 11.3. The van der Waals surface area contributed by atoms with E-state index in [-0.39, 0.29) is 5.56 Å². The summed E-state index contributed by atoms with van der Waals surface area (Å²) < 4.78 is 1.79. The Balaban J connectivity index is 2.61. The highest BCUT2D eigenvalue weighted by Gasteiger charge is 2.16. The maximum Gasteiger partial charge on any atom is 0.339 e. The van der Waals surface area contributed by atoms with E-state index < -0.39 is 5.97 Å². The van der Waals surface area contributed by atoms with Gasteiger partial charge in [-0.3, -0.25) is 0 Å². The third-order valence-corrected chi connectivity index (χ3v) is 2.51. The van der Waals surface area contributed by atoms with Gasteiger partial charge < -0.3 is 9.67 Å². The maximum absolute atomic E-state index is 11.0. The van der Waals surface area contributed by atoms with Gasteiger partial charge in [-0.1, -0.05) is 0 Å². The molecule has 2 heterocycles. The zero-order valence-electron chi connectivity index (χ0n) is 9.80. The molecule has 0 spiro atoms. The molecule has 0 amide bonds. The summed E-state index contributed by atoms with van der Waals surface area (Å²) in [5.41, 5.74) is 1.05. The fourth-order valence-electron chi connectivity index (χ4n) is 1.71. The summed E-state index contributed by atoms with van der Waals surface area (Å²) in [5.74, 6) is 0.0528. The van der Waals surface area contributed by atoms with E-state index in [1.807, 2.05) is 7.05 Å². The van der Waals surface area contributed by atoms with E-state index in [1.54, 1.807) is 30.8 Å². The first-order valence-corrected chi connectivity index (χ1v) is 5.07. The van der Waals surface area contributed by atoms with E-state index in [0.717, 1.165) is 0 Å². The van der Waals surface area contributed by atoms with E-state index in [1.165, 1.54) is 0 Å². The van der Waals surface area contributed by atoms with Gasteiger partial charge in [0.1, 0.15) is 5.56 Å². The van der Waals surface area contributed by atoms with Gasteiger partial charge in [-0.15, -0.1) is 0 Å². The van der Waals surface area contributed by atoms with E-state index >= 15 is 0 Å². The van der Waals surface area contributed by atoms with Crippen LogP contribution >= 0.6 is 0 Å². The monoisotopic (exact) mass is 232 g/mol. The van der Waals surface area contributed by atoms with Crippen molar-refractivity contribution in [2.24, 2.45) is 7.05 Å². The van der Waals surface area contributed by atoms with Crippen molar-refractivity contribution in [1.82, 2.24) is 19.5 Å². The van der Waals surface area contributed by atoms with Crippen LogP contribution in [-0.2, 0) is 7.05 Å². The highest BCUT2D eigenvalue weighted by Crippen LogP contribution is 2.16. The van der Waals surface area contributed by atoms with Gasteiger partial charge in [0, 0.05) is 19.4 Å². The van der Waals surface area contributed by atoms with Crippen molar-refractivity contribution in [2.75, 3.05) is 0 Å². The SMILES string of the molecule is Cc1nc(-c2nccn2C)nc(C)c1C(=O)O. The second-order valence-electron chi connectivity index (χ2n) is 3.76. The first-order chi connectivity index (χ1) is 8.00. The molecule has 0 aliphatic heterocycles. The number of hydrogen-bond donors (Lipinski definition) is 1. The molecule has 0 atom stereocenters. The fraction of sp³-hybridized carbons (Fsp3) is 0.273. The van der Waals surface area contributed by atoms with Crippen LogP contribution in [0.25, 0.3) is 11.6 Å². The number of aryl methyl sites for hydroxylation is 3. The Bertz CT molecular complexity index is 566. The average Bonchev–Trinajstić information content (AvgIpc) is 2.62. The van der Waals surface area contributed by atoms with Crippen LogP contribution in [-0.4, -0.2) is 30.6 Å². The van der Waals surface area contributed by atoms with Gasteiger partial charge in [0.25, 0.3) is 0 Å². The summed E-state index contributed by atoms with van der Waals surface area (Å²) in [4.78, 5) is 23.5. The molecule has 0 saturated heterocycles. The van der Waals surface area contributed by atoms with Gasteiger partial charge in [0.05, 0.1) is 11.4 Å². The van der Waals surface area contributed by atoms with Gasteiger partial charge in [-0.05, 0) is 13.8 Å². The zero-order valence-corrected chi connectivity index (χ0v) is 9.80. The summed E-state index contributed by atoms with van der Waals surface area (Å²) in [6.07, 6.45) is 3.43. The molecule has 17 heavy (non-hydrogen) atoms. The molecule has 0 aliphatic rings. The Morgan fingerprint density at radius 2 is 1.88 bits per heavy atom. The van der Waals surface area contributed by atoms with Crippen LogP contribution in [0.3, 0.4) is 0 Å². The van der Waals surface area contributed by atoms with Crippen molar-refractivity contribution in [2.45, 2.75) is 13.8 Å². The highest BCUT2D eigenvalue weighted by atomic mass is 16.4. The summed E-state index contributed by atoms with van der Waals surface area (Å²) >= 11 is 0. The van der Waals surface area contributed by atoms with Crippen molar-refractivity contribution < 1.29 is 9.90 Å². The Kier molecular flexibility index (Phi) is 2.63. The molecule has 2 aromatic rings. The van der Waals surface area contributed by atoms with Crippen LogP contribution in [0.15, 0.2) is 12.4 Å². The lowest BCUT2D eigenvalue weighted by atomic mass is 10.2. The van der Waals surface area contributed by atoms with Crippen molar-refractivity contribution in [3.63, 3.8) is 0 Å². The normalized spacial score (nSPS) is 10.5. The number of aromatic carboxylic acids is 1. The molecule has 1 N–H and O–H groups in total. The molecule has 0 fully saturated rings. The predicted octanol–water partition coefficient (Wildman–Crippen LogP) is 1.19. The van der Waals surface area contributed by atoms with E-state index in [9.17, 15) is 4.79 Å². The number of carboxylic acids is 1. The number of carbonyl (C=O) groups is 1. The third-order valence-electron chi connectivity index (χ3n) is 2.51. The third kappa shape index (κ3) is 1.89. The Hall–Kier alpha value is -2.24. The Morgan fingerprint density at radius 1 is 1.29 bits per heavy atom. The summed E-state index contributed by atoms with van der Waals surface area (Å²) in [7, 11) is 1.83. The molecule has 0 radical (unpaired) electrons. The smallest absolute Gasteiger partial charge is 0.339 e. The van der Waals surface area contributed by atoms with Gasteiger partial charge >= 0.3 is 5.97 Å². The average molecular weight is 232 g/mol. The minimum absolute atomic E-state index is 0.156. The quantitative estimate of drug-likeness (QED) is 0.841. The molecule has 88 valence electrons. The largest absolute Gasteiger partial charge is 0.478 e. The fourth-order valence-corrected chi connectivity index (χ4v) is 1.71. The molecule has 0 aromatic carbocycles. The number of nitrogens with zero attached hydrogens (tertiary/aromatic N) is 4. The summed E-state index contributed by atoms with van der Waals surface area (Å²) in [6, 6.07) is 0. The molecule has 6 heteroatoms. The van der Waals surface area contributed by atoms with Crippen LogP contribution in [0.1, 0.15) is 21.7 Å². The van der Waals surface area contributed by atoms with Gasteiger partial charge in [-0.2, -0.15) is 0 Å². The van der Waals surface area contributed by atoms with Gasteiger partial charge in [0.15, 0.2) is 11.6 Å². The lowest BCUT2D eigenvalue weighted by molar-refractivity contribution is 0.0694. The van der Waals surface area contributed by atoms with Crippen molar-refractivity contribution in [3.05, 3.63) is 29.3 Å². The number of hydrogen-bond acceptors (Lipinski definition) is 4. The van der Waals surface area contributed by atoms with Crippen LogP contribution in [0.2, 0.25) is 0 Å². The topological polar surface area (TPSA) is 80.9 Å². The highest BCUT2D eigenvalue weighted by molar-refractivity contribution is 5.90. The van der Waals surface area contributed by atoms with Crippen LogP contribution < -0.4 is 0 Å². The molecular weight excluding hydrogens is 220 g/mol. The van der Waals surface area contributed by atoms with Crippen LogP contribution in [0.4, 0.5) is 0 Å². The molecule has 0 unspecified atom stereocenters. The number of rotatable bonds is 2. The molecule has 2 aromatic heterocycles. The second-order valence-corrected chi connectivity index (χ2v) is 3.76. The number of imidazole rings is 1. The molecule has 0 saturated carbocycles. The minimum Gasteiger partial charge on any atom is -0.478 e. The van der Waals surface area contributed by atoms with Crippen LogP contribution in [0, 0.1) is 13.8 Å². The zero-order chi connectivity index (χ0) is 12.6. The lowest BCUT2D eigenvalue weighted by Gasteiger charge is -2.07. The summed E-state index contributed by atoms with van der Waals surface area (Å²) in [5, 5.41) is 9.02. The summed E-state index contributed by atoms with van der Waals surface area (Å²) in [6.45, 7) is 3.31. The molecule has 0 bridgehead atoms. The van der Waals surface area contributed by atoms with E-state index in [2.05, 4.69) is 15.0 Å². The second kappa shape index (κ2) is 3.97. The molecular formula is C11H12N4O2. The maximum atomic E-state index is 11.0.